The number of methoxy groups -OCH3 is 1. The van der Waals surface area contributed by atoms with E-state index in [0.29, 0.717) is 18.6 Å². The van der Waals surface area contributed by atoms with Gasteiger partial charge in [-0.05, 0) is 25.7 Å². The van der Waals surface area contributed by atoms with Crippen LogP contribution in [0.5, 0.6) is 0 Å². The summed E-state index contributed by atoms with van der Waals surface area (Å²) in [4.78, 5) is 9.33. The van der Waals surface area contributed by atoms with Gasteiger partial charge < -0.3 is 15.4 Å². The number of nitrogens with zero attached hydrogens (tertiary/aromatic N) is 2. The minimum Gasteiger partial charge on any atom is -0.383 e. The molecule has 1 atom stereocenters. The van der Waals surface area contributed by atoms with Crippen molar-refractivity contribution in [2.45, 2.75) is 57.9 Å². The average Bonchev–Trinajstić information content (AvgIpc) is 3.30. The Hall–Kier alpha value is -1.36. The van der Waals surface area contributed by atoms with Crippen molar-refractivity contribution in [1.29, 1.82) is 0 Å². The van der Waals surface area contributed by atoms with Crippen molar-refractivity contribution in [3.63, 3.8) is 0 Å². The van der Waals surface area contributed by atoms with Crippen LogP contribution in [0, 0.1) is 0 Å². The van der Waals surface area contributed by atoms with Gasteiger partial charge in [0, 0.05) is 25.6 Å². The molecule has 0 amide bonds. The number of aromatic nitrogens is 2. The van der Waals surface area contributed by atoms with Gasteiger partial charge in [-0.25, -0.2) is 9.97 Å². The first-order valence-corrected chi connectivity index (χ1v) is 8.15. The molecule has 5 nitrogen and oxygen atoms in total. The Kier molecular flexibility index (Phi) is 6.23. The van der Waals surface area contributed by atoms with Gasteiger partial charge in [0.05, 0.1) is 12.6 Å². The molecule has 1 aromatic heterocycles. The number of rotatable bonds is 10. The quantitative estimate of drug-likeness (QED) is 0.692. The van der Waals surface area contributed by atoms with Gasteiger partial charge in [0.1, 0.15) is 17.5 Å². The molecule has 118 valence electrons. The third-order valence-corrected chi connectivity index (χ3v) is 3.60. The SMILES string of the molecule is CCCNc1cc(NC(CCC)COC)nc(C2CC2)n1. The molecule has 0 aromatic carbocycles. The summed E-state index contributed by atoms with van der Waals surface area (Å²) in [6.45, 7) is 5.99. The zero-order valence-corrected chi connectivity index (χ0v) is 13.5. The standard InChI is InChI=1S/C16H28N4O/c1-4-6-13(11-21-3)18-15-10-14(17-9-5-2)19-16(20-15)12-7-8-12/h10,12-13H,4-9,11H2,1-3H3,(H2,17,18,19,20). The van der Waals surface area contributed by atoms with Crippen molar-refractivity contribution in [2.24, 2.45) is 0 Å². The van der Waals surface area contributed by atoms with Crippen molar-refractivity contribution in [2.75, 3.05) is 30.9 Å². The lowest BCUT2D eigenvalue weighted by Gasteiger charge is -2.19. The van der Waals surface area contributed by atoms with Gasteiger partial charge in [-0.1, -0.05) is 20.3 Å². The molecule has 1 aliphatic rings. The van der Waals surface area contributed by atoms with Crippen molar-refractivity contribution >= 4 is 11.6 Å². The molecule has 1 heterocycles. The topological polar surface area (TPSA) is 59.1 Å². The van der Waals surface area contributed by atoms with Crippen LogP contribution in [-0.4, -0.2) is 36.3 Å². The molecule has 1 aromatic rings. The molecular weight excluding hydrogens is 264 g/mol. The second-order valence-electron chi connectivity index (χ2n) is 5.78. The van der Waals surface area contributed by atoms with Crippen molar-refractivity contribution in [3.8, 4) is 0 Å². The molecule has 21 heavy (non-hydrogen) atoms. The van der Waals surface area contributed by atoms with Crippen molar-refractivity contribution < 1.29 is 4.74 Å². The van der Waals surface area contributed by atoms with E-state index in [1.807, 2.05) is 6.07 Å². The monoisotopic (exact) mass is 292 g/mol. The summed E-state index contributed by atoms with van der Waals surface area (Å²) in [6, 6.07) is 2.32. The summed E-state index contributed by atoms with van der Waals surface area (Å²) >= 11 is 0. The lowest BCUT2D eigenvalue weighted by molar-refractivity contribution is 0.182. The third kappa shape index (κ3) is 5.16. The third-order valence-electron chi connectivity index (χ3n) is 3.60. The highest BCUT2D eigenvalue weighted by Crippen LogP contribution is 2.38. The van der Waals surface area contributed by atoms with Crippen molar-refractivity contribution in [1.82, 2.24) is 9.97 Å². The van der Waals surface area contributed by atoms with E-state index in [4.69, 9.17) is 9.72 Å². The number of nitrogens with one attached hydrogen (secondary N) is 2. The van der Waals surface area contributed by atoms with Gasteiger partial charge in [-0.3, -0.25) is 0 Å². The Labute approximate surface area is 127 Å². The van der Waals surface area contributed by atoms with Crippen LogP contribution in [-0.2, 0) is 4.74 Å². The lowest BCUT2D eigenvalue weighted by Crippen LogP contribution is -2.25. The zero-order chi connectivity index (χ0) is 15.1. The zero-order valence-electron chi connectivity index (χ0n) is 13.5. The highest BCUT2D eigenvalue weighted by molar-refractivity contribution is 5.48. The summed E-state index contributed by atoms with van der Waals surface area (Å²) in [5.41, 5.74) is 0. The predicted octanol–water partition coefficient (Wildman–Crippen LogP) is 3.40. The van der Waals surface area contributed by atoms with Crippen LogP contribution in [0.25, 0.3) is 0 Å². The molecule has 1 aliphatic carbocycles. The van der Waals surface area contributed by atoms with Gasteiger partial charge in [-0.15, -0.1) is 0 Å². The second-order valence-corrected chi connectivity index (χ2v) is 5.78. The lowest BCUT2D eigenvalue weighted by atomic mass is 10.2. The van der Waals surface area contributed by atoms with E-state index in [0.717, 1.165) is 43.3 Å². The van der Waals surface area contributed by atoms with E-state index >= 15 is 0 Å². The molecule has 2 N–H and O–H groups in total. The minimum atomic E-state index is 0.306. The molecule has 0 aliphatic heterocycles. The fraction of sp³-hybridized carbons (Fsp3) is 0.750. The highest BCUT2D eigenvalue weighted by Gasteiger charge is 2.27. The minimum absolute atomic E-state index is 0.306. The summed E-state index contributed by atoms with van der Waals surface area (Å²) in [5, 5.41) is 6.88. The summed E-state index contributed by atoms with van der Waals surface area (Å²) in [5.74, 6) is 3.39. The smallest absolute Gasteiger partial charge is 0.136 e. The number of hydrogen-bond donors (Lipinski definition) is 2. The Bertz CT molecular complexity index is 428. The fourth-order valence-electron chi connectivity index (χ4n) is 2.36. The van der Waals surface area contributed by atoms with E-state index in [2.05, 4.69) is 29.5 Å². The summed E-state index contributed by atoms with van der Waals surface area (Å²) in [7, 11) is 1.74. The molecule has 1 fully saturated rings. The Morgan fingerprint density at radius 2 is 2.00 bits per heavy atom. The molecule has 5 heteroatoms. The maximum Gasteiger partial charge on any atom is 0.136 e. The molecule has 2 rings (SSSR count). The van der Waals surface area contributed by atoms with Gasteiger partial charge in [-0.2, -0.15) is 0 Å². The first-order chi connectivity index (χ1) is 10.3. The second kappa shape index (κ2) is 8.17. The summed E-state index contributed by atoms with van der Waals surface area (Å²) < 4.78 is 5.29. The van der Waals surface area contributed by atoms with E-state index in [-0.39, 0.29) is 0 Å². The maximum absolute atomic E-state index is 5.29. The molecule has 0 saturated heterocycles. The first kappa shape index (κ1) is 16.0. The van der Waals surface area contributed by atoms with Gasteiger partial charge in [0.25, 0.3) is 0 Å². The number of hydrogen-bond acceptors (Lipinski definition) is 5. The molecule has 0 radical (unpaired) electrons. The first-order valence-electron chi connectivity index (χ1n) is 8.15. The van der Waals surface area contributed by atoms with Crippen molar-refractivity contribution in [3.05, 3.63) is 11.9 Å². The van der Waals surface area contributed by atoms with Gasteiger partial charge in [0.2, 0.25) is 0 Å². The van der Waals surface area contributed by atoms with Crippen LogP contribution >= 0.6 is 0 Å². The highest BCUT2D eigenvalue weighted by atomic mass is 16.5. The van der Waals surface area contributed by atoms with E-state index in [9.17, 15) is 0 Å². The Morgan fingerprint density at radius 3 is 2.62 bits per heavy atom. The fourth-order valence-corrected chi connectivity index (χ4v) is 2.36. The average molecular weight is 292 g/mol. The van der Waals surface area contributed by atoms with E-state index in [1.54, 1.807) is 7.11 Å². The largest absolute Gasteiger partial charge is 0.383 e. The normalized spacial score (nSPS) is 15.8. The van der Waals surface area contributed by atoms with E-state index < -0.39 is 0 Å². The number of ether oxygens (including phenoxy) is 1. The van der Waals surface area contributed by atoms with Crippen LogP contribution in [0.2, 0.25) is 0 Å². The molecule has 1 unspecified atom stereocenters. The Morgan fingerprint density at radius 1 is 1.24 bits per heavy atom. The molecule has 1 saturated carbocycles. The molecule has 0 bridgehead atoms. The number of anilines is 2. The van der Waals surface area contributed by atoms with E-state index in [1.165, 1.54) is 12.8 Å². The Balaban J connectivity index is 2.10. The molecular formula is C16H28N4O. The van der Waals surface area contributed by atoms with Crippen LogP contribution < -0.4 is 10.6 Å². The summed E-state index contributed by atoms with van der Waals surface area (Å²) in [6.07, 6.45) is 5.73. The van der Waals surface area contributed by atoms with Crippen LogP contribution in [0.4, 0.5) is 11.6 Å². The predicted molar refractivity (Wildman–Crippen MR) is 87.0 cm³/mol. The van der Waals surface area contributed by atoms with Crippen LogP contribution in [0.3, 0.4) is 0 Å². The van der Waals surface area contributed by atoms with Gasteiger partial charge >= 0.3 is 0 Å². The van der Waals surface area contributed by atoms with Crippen LogP contribution in [0.15, 0.2) is 6.07 Å². The van der Waals surface area contributed by atoms with Crippen LogP contribution in [0.1, 0.15) is 57.7 Å². The van der Waals surface area contributed by atoms with Gasteiger partial charge in [0.15, 0.2) is 0 Å². The molecule has 0 spiro atoms. The maximum atomic E-state index is 5.29.